The molecule has 2 heterocycles. The van der Waals surface area contributed by atoms with Gasteiger partial charge in [-0.15, -0.1) is 0 Å². The standard InChI is InChI=1S/C17H22N4OS/c1-3-20-8-10-21(11-9-20)17(22)13(2)23-16-14-6-4-5-7-15(14)18-12-19-16/h4-7,12-13H,3,8-11H2,1-2H3. The molecule has 5 nitrogen and oxygen atoms in total. The van der Waals surface area contributed by atoms with Crippen molar-refractivity contribution in [1.29, 1.82) is 0 Å². The van der Waals surface area contributed by atoms with Gasteiger partial charge in [-0.1, -0.05) is 36.9 Å². The minimum atomic E-state index is -0.138. The lowest BCUT2D eigenvalue weighted by Crippen LogP contribution is -2.50. The van der Waals surface area contributed by atoms with Gasteiger partial charge < -0.3 is 9.80 Å². The van der Waals surface area contributed by atoms with Crippen LogP contribution in [0.5, 0.6) is 0 Å². The van der Waals surface area contributed by atoms with Crippen molar-refractivity contribution in [3.63, 3.8) is 0 Å². The third-order valence-corrected chi connectivity index (χ3v) is 5.38. The van der Waals surface area contributed by atoms with E-state index < -0.39 is 0 Å². The fraction of sp³-hybridized carbons (Fsp3) is 0.471. The minimum absolute atomic E-state index is 0.138. The van der Waals surface area contributed by atoms with Gasteiger partial charge >= 0.3 is 0 Å². The van der Waals surface area contributed by atoms with Crippen LogP contribution in [0, 0.1) is 0 Å². The molecule has 3 rings (SSSR count). The van der Waals surface area contributed by atoms with E-state index >= 15 is 0 Å². The number of carbonyl (C=O) groups excluding carboxylic acids is 1. The van der Waals surface area contributed by atoms with E-state index in [0.29, 0.717) is 0 Å². The topological polar surface area (TPSA) is 49.3 Å². The summed E-state index contributed by atoms with van der Waals surface area (Å²) < 4.78 is 0. The van der Waals surface area contributed by atoms with E-state index in [1.54, 1.807) is 6.33 Å². The second-order valence-electron chi connectivity index (χ2n) is 5.72. The van der Waals surface area contributed by atoms with Gasteiger partial charge in [-0.05, 0) is 19.5 Å². The smallest absolute Gasteiger partial charge is 0.235 e. The summed E-state index contributed by atoms with van der Waals surface area (Å²) in [6.07, 6.45) is 1.57. The first kappa shape index (κ1) is 16.2. The maximum absolute atomic E-state index is 12.7. The summed E-state index contributed by atoms with van der Waals surface area (Å²) in [5, 5.41) is 1.75. The Morgan fingerprint density at radius 2 is 1.96 bits per heavy atom. The first-order chi connectivity index (χ1) is 11.2. The lowest BCUT2D eigenvalue weighted by Gasteiger charge is -2.35. The fourth-order valence-corrected chi connectivity index (χ4v) is 3.83. The quantitative estimate of drug-likeness (QED) is 0.636. The first-order valence-corrected chi connectivity index (χ1v) is 8.94. The molecule has 0 aliphatic carbocycles. The van der Waals surface area contributed by atoms with Crippen molar-refractivity contribution in [2.75, 3.05) is 32.7 Å². The van der Waals surface area contributed by atoms with Crippen molar-refractivity contribution in [2.24, 2.45) is 0 Å². The van der Waals surface area contributed by atoms with E-state index in [1.807, 2.05) is 36.1 Å². The molecule has 0 radical (unpaired) electrons. The molecule has 0 saturated carbocycles. The van der Waals surface area contributed by atoms with Crippen molar-refractivity contribution in [3.05, 3.63) is 30.6 Å². The van der Waals surface area contributed by atoms with Crippen LogP contribution in [0.2, 0.25) is 0 Å². The molecule has 0 spiro atoms. The molecule has 1 fully saturated rings. The van der Waals surface area contributed by atoms with Gasteiger partial charge in [0, 0.05) is 31.6 Å². The highest BCUT2D eigenvalue weighted by Crippen LogP contribution is 2.28. The Morgan fingerprint density at radius 3 is 2.70 bits per heavy atom. The van der Waals surface area contributed by atoms with Crippen molar-refractivity contribution >= 4 is 28.6 Å². The minimum Gasteiger partial charge on any atom is -0.339 e. The van der Waals surface area contributed by atoms with Gasteiger partial charge in [-0.2, -0.15) is 0 Å². The monoisotopic (exact) mass is 330 g/mol. The average Bonchev–Trinajstić information content (AvgIpc) is 2.61. The maximum atomic E-state index is 12.7. The van der Waals surface area contributed by atoms with E-state index in [1.165, 1.54) is 11.8 Å². The van der Waals surface area contributed by atoms with Crippen LogP contribution in [0.1, 0.15) is 13.8 Å². The summed E-state index contributed by atoms with van der Waals surface area (Å²) in [4.78, 5) is 25.7. The SMILES string of the molecule is CCN1CCN(C(=O)C(C)Sc2ncnc3ccccc23)CC1. The van der Waals surface area contributed by atoms with Crippen molar-refractivity contribution in [3.8, 4) is 0 Å². The van der Waals surface area contributed by atoms with E-state index in [-0.39, 0.29) is 11.2 Å². The molecule has 1 aliphatic heterocycles. The van der Waals surface area contributed by atoms with Crippen LogP contribution in [-0.2, 0) is 4.79 Å². The second kappa shape index (κ2) is 7.27. The number of hydrogen-bond donors (Lipinski definition) is 0. The molecule has 1 aliphatic rings. The fourth-order valence-electron chi connectivity index (χ4n) is 2.83. The van der Waals surface area contributed by atoms with Gasteiger partial charge in [0.15, 0.2) is 0 Å². The number of amides is 1. The lowest BCUT2D eigenvalue weighted by atomic mass is 10.2. The Bertz CT molecular complexity index is 680. The van der Waals surface area contributed by atoms with Crippen molar-refractivity contribution < 1.29 is 4.79 Å². The molecule has 1 unspecified atom stereocenters. The molecule has 0 bridgehead atoms. The Hall–Kier alpha value is -1.66. The van der Waals surface area contributed by atoms with Crippen molar-refractivity contribution in [2.45, 2.75) is 24.1 Å². The number of rotatable bonds is 4. The highest BCUT2D eigenvalue weighted by molar-refractivity contribution is 8.00. The molecule has 1 amide bonds. The molecule has 0 N–H and O–H groups in total. The third-order valence-electron chi connectivity index (χ3n) is 4.27. The number of thioether (sulfide) groups is 1. The largest absolute Gasteiger partial charge is 0.339 e. The molecule has 23 heavy (non-hydrogen) atoms. The van der Waals surface area contributed by atoms with Gasteiger partial charge in [-0.3, -0.25) is 4.79 Å². The van der Waals surface area contributed by atoms with Crippen LogP contribution < -0.4 is 0 Å². The zero-order chi connectivity index (χ0) is 16.2. The predicted octanol–water partition coefficient (Wildman–Crippen LogP) is 2.27. The summed E-state index contributed by atoms with van der Waals surface area (Å²) >= 11 is 1.53. The lowest BCUT2D eigenvalue weighted by molar-refractivity contribution is -0.132. The van der Waals surface area contributed by atoms with Crippen molar-refractivity contribution in [1.82, 2.24) is 19.8 Å². The summed E-state index contributed by atoms with van der Waals surface area (Å²) in [7, 11) is 0. The molecule has 1 atom stereocenters. The van der Waals surface area contributed by atoms with Gasteiger partial charge in [0.05, 0.1) is 10.8 Å². The number of piperazine rings is 1. The Labute approximate surface area is 141 Å². The first-order valence-electron chi connectivity index (χ1n) is 8.06. The number of likely N-dealkylation sites (N-methyl/N-ethyl adjacent to an activating group) is 1. The molecule has 1 aromatic heterocycles. The second-order valence-corrected chi connectivity index (χ2v) is 7.05. The summed E-state index contributed by atoms with van der Waals surface area (Å²) in [5.41, 5.74) is 0.918. The van der Waals surface area contributed by atoms with Crippen LogP contribution in [0.4, 0.5) is 0 Å². The molecular weight excluding hydrogens is 308 g/mol. The number of nitrogens with zero attached hydrogens (tertiary/aromatic N) is 4. The zero-order valence-electron chi connectivity index (χ0n) is 13.6. The molecule has 2 aromatic rings. The molecular formula is C17H22N4OS. The Kier molecular flexibility index (Phi) is 5.13. The molecule has 122 valence electrons. The number of hydrogen-bond acceptors (Lipinski definition) is 5. The van der Waals surface area contributed by atoms with E-state index in [0.717, 1.165) is 48.7 Å². The Morgan fingerprint density at radius 1 is 1.22 bits per heavy atom. The van der Waals surface area contributed by atoms with Gasteiger partial charge in [0.1, 0.15) is 11.4 Å². The van der Waals surface area contributed by atoms with Gasteiger partial charge in [0.2, 0.25) is 5.91 Å². The summed E-state index contributed by atoms with van der Waals surface area (Å²) in [6, 6.07) is 7.92. The van der Waals surface area contributed by atoms with Crippen LogP contribution in [0.15, 0.2) is 35.6 Å². The van der Waals surface area contributed by atoms with Gasteiger partial charge in [0.25, 0.3) is 0 Å². The number of aromatic nitrogens is 2. The highest BCUT2D eigenvalue weighted by atomic mass is 32.2. The van der Waals surface area contributed by atoms with Crippen LogP contribution in [0.3, 0.4) is 0 Å². The summed E-state index contributed by atoms with van der Waals surface area (Å²) in [6.45, 7) is 8.77. The van der Waals surface area contributed by atoms with E-state index in [9.17, 15) is 4.79 Å². The Balaban J connectivity index is 1.68. The van der Waals surface area contributed by atoms with Gasteiger partial charge in [-0.25, -0.2) is 9.97 Å². The normalized spacial score (nSPS) is 17.4. The van der Waals surface area contributed by atoms with E-state index in [2.05, 4.69) is 21.8 Å². The number of benzene rings is 1. The van der Waals surface area contributed by atoms with Crippen LogP contribution in [-0.4, -0.2) is 63.6 Å². The van der Waals surface area contributed by atoms with E-state index in [4.69, 9.17) is 0 Å². The van der Waals surface area contributed by atoms with Crippen LogP contribution in [0.25, 0.3) is 10.9 Å². The summed E-state index contributed by atoms with van der Waals surface area (Å²) in [5.74, 6) is 0.202. The maximum Gasteiger partial charge on any atom is 0.235 e. The molecule has 6 heteroatoms. The predicted molar refractivity (Wildman–Crippen MR) is 93.6 cm³/mol. The highest BCUT2D eigenvalue weighted by Gasteiger charge is 2.25. The number of para-hydroxylation sites is 1. The molecule has 1 aromatic carbocycles. The third kappa shape index (κ3) is 3.64. The molecule has 1 saturated heterocycles. The van der Waals surface area contributed by atoms with Crippen LogP contribution >= 0.6 is 11.8 Å². The zero-order valence-corrected chi connectivity index (χ0v) is 14.4. The number of fused-ring (bicyclic) bond motifs is 1. The average molecular weight is 330 g/mol. The number of carbonyl (C=O) groups is 1.